The second-order valence-electron chi connectivity index (χ2n) is 5.92. The fourth-order valence-corrected chi connectivity index (χ4v) is 2.54. The number of rotatable bonds is 7. The summed E-state index contributed by atoms with van der Waals surface area (Å²) in [4.78, 5) is 28.2. The summed E-state index contributed by atoms with van der Waals surface area (Å²) in [5.41, 5.74) is 2.32. The number of ether oxygens (including phenoxy) is 1. The van der Waals surface area contributed by atoms with Gasteiger partial charge in [0, 0.05) is 24.5 Å². The third-order valence-electron chi connectivity index (χ3n) is 3.94. The van der Waals surface area contributed by atoms with Gasteiger partial charge in [-0.25, -0.2) is 0 Å². The number of hydrogen-bond donors (Lipinski definition) is 1. The molecule has 0 spiro atoms. The van der Waals surface area contributed by atoms with Gasteiger partial charge in [-0.3, -0.25) is 14.6 Å². The van der Waals surface area contributed by atoms with Gasteiger partial charge in [0.2, 0.25) is 0 Å². The largest absolute Gasteiger partial charge is 0.461 e. The standard InChI is InChI=1S/C21H20N2O3/c24-20(26-15-16-7-2-1-3-8-16)11-6-12-22-21(25)18-13-17-9-4-5-10-19(17)23-14-18/h1-5,7-10,13-14H,6,11-12,15H2,(H,22,25). The zero-order valence-corrected chi connectivity index (χ0v) is 14.4. The molecule has 0 aliphatic rings. The number of carbonyl (C=O) groups is 2. The SMILES string of the molecule is O=C(CCCNC(=O)c1cnc2ccccc2c1)OCc1ccccc1. The quantitative estimate of drug-likeness (QED) is 0.524. The Bertz CT molecular complexity index is 894. The normalized spacial score (nSPS) is 10.5. The molecule has 0 aliphatic heterocycles. The van der Waals surface area contributed by atoms with Crippen molar-refractivity contribution in [2.24, 2.45) is 0 Å². The van der Waals surface area contributed by atoms with E-state index in [0.29, 0.717) is 18.5 Å². The van der Waals surface area contributed by atoms with E-state index in [0.717, 1.165) is 16.5 Å². The van der Waals surface area contributed by atoms with Crippen LogP contribution in [0.3, 0.4) is 0 Å². The minimum Gasteiger partial charge on any atom is -0.461 e. The minimum atomic E-state index is -0.268. The maximum absolute atomic E-state index is 12.2. The van der Waals surface area contributed by atoms with Crippen molar-refractivity contribution in [3.63, 3.8) is 0 Å². The van der Waals surface area contributed by atoms with E-state index >= 15 is 0 Å². The average Bonchev–Trinajstić information content (AvgIpc) is 2.70. The van der Waals surface area contributed by atoms with Crippen molar-refractivity contribution in [2.45, 2.75) is 19.4 Å². The second-order valence-corrected chi connectivity index (χ2v) is 5.92. The van der Waals surface area contributed by atoms with Gasteiger partial charge in [-0.1, -0.05) is 48.5 Å². The predicted molar refractivity (Wildman–Crippen MR) is 99.5 cm³/mol. The lowest BCUT2D eigenvalue weighted by Gasteiger charge is -2.07. The molecule has 0 radical (unpaired) electrons. The van der Waals surface area contributed by atoms with E-state index in [1.54, 1.807) is 6.20 Å². The van der Waals surface area contributed by atoms with E-state index in [1.807, 2.05) is 60.7 Å². The second kappa shape index (κ2) is 8.76. The number of pyridine rings is 1. The molecule has 0 atom stereocenters. The van der Waals surface area contributed by atoms with Gasteiger partial charge in [-0.2, -0.15) is 0 Å². The smallest absolute Gasteiger partial charge is 0.306 e. The van der Waals surface area contributed by atoms with Crippen LogP contribution in [-0.4, -0.2) is 23.4 Å². The molecule has 0 saturated heterocycles. The van der Waals surface area contributed by atoms with Crippen LogP contribution in [0.1, 0.15) is 28.8 Å². The maximum atomic E-state index is 12.2. The first kappa shape index (κ1) is 17.6. The molecule has 1 N–H and O–H groups in total. The molecular weight excluding hydrogens is 328 g/mol. The van der Waals surface area contributed by atoms with Crippen LogP contribution in [0.15, 0.2) is 66.9 Å². The van der Waals surface area contributed by atoms with Gasteiger partial charge in [0.15, 0.2) is 0 Å². The van der Waals surface area contributed by atoms with E-state index in [4.69, 9.17) is 4.74 Å². The molecule has 0 fully saturated rings. The Morgan fingerprint density at radius 3 is 2.62 bits per heavy atom. The first-order valence-electron chi connectivity index (χ1n) is 8.55. The molecule has 0 aliphatic carbocycles. The van der Waals surface area contributed by atoms with Crippen LogP contribution in [-0.2, 0) is 16.1 Å². The number of aromatic nitrogens is 1. The van der Waals surface area contributed by atoms with E-state index < -0.39 is 0 Å². The molecule has 2 aromatic carbocycles. The zero-order chi connectivity index (χ0) is 18.2. The van der Waals surface area contributed by atoms with E-state index in [1.165, 1.54) is 0 Å². The maximum Gasteiger partial charge on any atom is 0.306 e. The first-order chi connectivity index (χ1) is 12.7. The van der Waals surface area contributed by atoms with Crippen molar-refractivity contribution >= 4 is 22.8 Å². The lowest BCUT2D eigenvalue weighted by Crippen LogP contribution is -2.25. The van der Waals surface area contributed by atoms with Crippen LogP contribution in [0.4, 0.5) is 0 Å². The summed E-state index contributed by atoms with van der Waals surface area (Å²) in [6.45, 7) is 0.681. The van der Waals surface area contributed by atoms with Crippen LogP contribution in [0.5, 0.6) is 0 Å². The lowest BCUT2D eigenvalue weighted by molar-refractivity contribution is -0.145. The molecule has 0 bridgehead atoms. The van der Waals surface area contributed by atoms with Gasteiger partial charge in [-0.05, 0) is 24.1 Å². The van der Waals surface area contributed by atoms with Crippen LogP contribution in [0, 0.1) is 0 Å². The number of nitrogens with one attached hydrogen (secondary N) is 1. The number of esters is 1. The summed E-state index contributed by atoms with van der Waals surface area (Å²) in [6.07, 6.45) is 2.36. The average molecular weight is 348 g/mol. The summed E-state index contributed by atoms with van der Waals surface area (Å²) < 4.78 is 5.21. The first-order valence-corrected chi connectivity index (χ1v) is 8.55. The van der Waals surface area contributed by atoms with Crippen molar-refractivity contribution in [2.75, 3.05) is 6.54 Å². The van der Waals surface area contributed by atoms with Crippen LogP contribution in [0.25, 0.3) is 10.9 Å². The van der Waals surface area contributed by atoms with Gasteiger partial charge in [-0.15, -0.1) is 0 Å². The Morgan fingerprint density at radius 1 is 1.00 bits per heavy atom. The van der Waals surface area contributed by atoms with E-state index in [9.17, 15) is 9.59 Å². The number of amides is 1. The molecule has 132 valence electrons. The number of carbonyl (C=O) groups excluding carboxylic acids is 2. The lowest BCUT2D eigenvalue weighted by atomic mass is 10.1. The minimum absolute atomic E-state index is 0.194. The fourth-order valence-electron chi connectivity index (χ4n) is 2.54. The summed E-state index contributed by atoms with van der Waals surface area (Å²) in [5, 5.41) is 3.73. The fraction of sp³-hybridized carbons (Fsp3) is 0.190. The summed E-state index contributed by atoms with van der Waals surface area (Å²) in [7, 11) is 0. The Hall–Kier alpha value is -3.21. The van der Waals surface area contributed by atoms with Crippen molar-refractivity contribution in [1.29, 1.82) is 0 Å². The molecule has 1 amide bonds. The Balaban J connectivity index is 1.39. The molecule has 5 heteroatoms. The van der Waals surface area contributed by atoms with Gasteiger partial charge < -0.3 is 10.1 Å². The molecule has 0 saturated carbocycles. The van der Waals surface area contributed by atoms with Crippen LogP contribution < -0.4 is 5.32 Å². The van der Waals surface area contributed by atoms with E-state index in [-0.39, 0.29) is 24.9 Å². The number of nitrogens with zero attached hydrogens (tertiary/aromatic N) is 1. The highest BCUT2D eigenvalue weighted by Crippen LogP contribution is 2.12. The number of hydrogen-bond acceptors (Lipinski definition) is 4. The van der Waals surface area contributed by atoms with Crippen LogP contribution >= 0.6 is 0 Å². The summed E-state index contributed by atoms with van der Waals surface area (Å²) in [6, 6.07) is 19.0. The Kier molecular flexibility index (Phi) is 5.93. The third kappa shape index (κ3) is 4.89. The van der Waals surface area contributed by atoms with Crippen LogP contribution in [0.2, 0.25) is 0 Å². The molecule has 5 nitrogen and oxygen atoms in total. The molecule has 0 unspecified atom stereocenters. The van der Waals surface area contributed by atoms with Gasteiger partial charge >= 0.3 is 5.97 Å². The highest BCUT2D eigenvalue weighted by Gasteiger charge is 2.08. The highest BCUT2D eigenvalue weighted by atomic mass is 16.5. The Labute approximate surface area is 152 Å². The van der Waals surface area contributed by atoms with Crippen molar-refractivity contribution in [1.82, 2.24) is 10.3 Å². The van der Waals surface area contributed by atoms with Crippen molar-refractivity contribution < 1.29 is 14.3 Å². The molecule has 1 heterocycles. The summed E-state index contributed by atoms with van der Waals surface area (Å²) in [5.74, 6) is -0.462. The number of fused-ring (bicyclic) bond motifs is 1. The monoisotopic (exact) mass is 348 g/mol. The molecule has 1 aromatic heterocycles. The van der Waals surface area contributed by atoms with Gasteiger partial charge in [0.25, 0.3) is 5.91 Å². The third-order valence-corrected chi connectivity index (χ3v) is 3.94. The topological polar surface area (TPSA) is 68.3 Å². The number of para-hydroxylation sites is 1. The predicted octanol–water partition coefficient (Wildman–Crippen LogP) is 3.49. The van der Waals surface area contributed by atoms with Gasteiger partial charge in [0.1, 0.15) is 6.61 Å². The zero-order valence-electron chi connectivity index (χ0n) is 14.4. The molecule has 3 aromatic rings. The summed E-state index contributed by atoms with van der Waals surface area (Å²) >= 11 is 0. The Morgan fingerprint density at radius 2 is 1.77 bits per heavy atom. The highest BCUT2D eigenvalue weighted by molar-refractivity contribution is 5.97. The number of benzene rings is 2. The molecule has 26 heavy (non-hydrogen) atoms. The molecular formula is C21H20N2O3. The van der Waals surface area contributed by atoms with E-state index in [2.05, 4.69) is 10.3 Å². The molecule has 3 rings (SSSR count). The van der Waals surface area contributed by atoms with Crippen molar-refractivity contribution in [3.05, 3.63) is 78.0 Å². The van der Waals surface area contributed by atoms with Crippen molar-refractivity contribution in [3.8, 4) is 0 Å². The van der Waals surface area contributed by atoms with Gasteiger partial charge in [0.05, 0.1) is 11.1 Å².